The molecule has 1 fully saturated rings. The molecule has 0 aliphatic carbocycles. The van der Waals surface area contributed by atoms with Crippen molar-refractivity contribution in [3.8, 4) is 0 Å². The summed E-state index contributed by atoms with van der Waals surface area (Å²) in [7, 11) is 3.67. The number of nitrogens with zero attached hydrogens (tertiary/aromatic N) is 1. The van der Waals surface area contributed by atoms with Crippen molar-refractivity contribution in [1.29, 1.82) is 0 Å². The second-order valence-corrected chi connectivity index (χ2v) is 3.59. The number of rotatable bonds is 2. The molecule has 0 spiro atoms. The fourth-order valence-corrected chi connectivity index (χ4v) is 1.45. The van der Waals surface area contributed by atoms with Crippen LogP contribution in [0.1, 0.15) is 40.5 Å². The first-order valence-electron chi connectivity index (χ1n) is 6.24. The van der Waals surface area contributed by atoms with Gasteiger partial charge in [0.05, 0.1) is 13.2 Å². The van der Waals surface area contributed by atoms with E-state index in [1.54, 1.807) is 4.90 Å². The molecule has 0 bridgehead atoms. The second-order valence-electron chi connectivity index (χ2n) is 3.59. The van der Waals surface area contributed by atoms with E-state index in [0.717, 1.165) is 6.42 Å². The van der Waals surface area contributed by atoms with Gasteiger partial charge in [-0.1, -0.05) is 27.7 Å². The highest BCUT2D eigenvalue weighted by molar-refractivity contribution is 4.82. The normalized spacial score (nSPS) is 28.7. The quantitative estimate of drug-likeness (QED) is 0.761. The Morgan fingerprint density at radius 1 is 1.25 bits per heavy atom. The van der Waals surface area contributed by atoms with Gasteiger partial charge >= 0.3 is 0 Å². The Labute approximate surface area is 100 Å². The fraction of sp³-hybridized carbons (Fsp3) is 1.00. The van der Waals surface area contributed by atoms with Crippen molar-refractivity contribution in [3.05, 3.63) is 0 Å². The number of hydrogen-bond donors (Lipinski definition) is 2. The second kappa shape index (κ2) is 10.0. The predicted molar refractivity (Wildman–Crippen MR) is 67.4 cm³/mol. The number of hydrogen-bond acceptors (Lipinski definition) is 4. The molecule has 0 saturated carbocycles. The summed E-state index contributed by atoms with van der Waals surface area (Å²) >= 11 is 0. The first kappa shape index (κ1) is 18.2. The van der Waals surface area contributed by atoms with Gasteiger partial charge in [-0.05, 0) is 26.9 Å². The van der Waals surface area contributed by atoms with Crippen LogP contribution >= 0.6 is 0 Å². The van der Waals surface area contributed by atoms with Gasteiger partial charge in [0.25, 0.3) is 0 Å². The van der Waals surface area contributed by atoms with E-state index in [2.05, 4.69) is 0 Å². The molecule has 100 valence electrons. The van der Waals surface area contributed by atoms with Crippen molar-refractivity contribution in [1.82, 2.24) is 4.90 Å². The molecule has 2 atom stereocenters. The molecule has 2 unspecified atom stereocenters. The predicted octanol–water partition coefficient (Wildman–Crippen LogP) is 1.46. The number of aliphatic hydroxyl groups excluding tert-OH is 1. The van der Waals surface area contributed by atoms with Gasteiger partial charge in [-0.3, -0.25) is 0 Å². The minimum absolute atomic E-state index is 0.341. The van der Waals surface area contributed by atoms with E-state index >= 15 is 0 Å². The lowest BCUT2D eigenvalue weighted by Crippen LogP contribution is -2.54. The summed E-state index contributed by atoms with van der Waals surface area (Å²) < 4.78 is 5.15. The molecule has 4 nitrogen and oxygen atoms in total. The Hall–Kier alpha value is -0.160. The van der Waals surface area contributed by atoms with E-state index < -0.39 is 11.9 Å². The van der Waals surface area contributed by atoms with E-state index in [4.69, 9.17) is 4.74 Å². The van der Waals surface area contributed by atoms with Gasteiger partial charge in [-0.2, -0.15) is 0 Å². The summed E-state index contributed by atoms with van der Waals surface area (Å²) in [5.74, 6) is -1.36. The van der Waals surface area contributed by atoms with Gasteiger partial charge in [0.2, 0.25) is 5.79 Å². The number of ether oxygens (including phenoxy) is 1. The van der Waals surface area contributed by atoms with Crippen molar-refractivity contribution in [3.63, 3.8) is 0 Å². The molecule has 16 heavy (non-hydrogen) atoms. The largest absolute Gasteiger partial charge is 0.387 e. The van der Waals surface area contributed by atoms with Crippen LogP contribution in [0.2, 0.25) is 0 Å². The first-order chi connectivity index (χ1) is 7.54. The highest BCUT2D eigenvalue weighted by Gasteiger charge is 2.39. The molecule has 0 aromatic carbocycles. The SMILES string of the molecule is CC.CC.CN(C)CC1(O)OCCCC1O. The van der Waals surface area contributed by atoms with Crippen molar-refractivity contribution >= 4 is 0 Å². The van der Waals surface area contributed by atoms with Crippen molar-refractivity contribution in [2.24, 2.45) is 0 Å². The molecule has 1 heterocycles. The average molecular weight is 235 g/mol. The van der Waals surface area contributed by atoms with Gasteiger partial charge in [0, 0.05) is 0 Å². The van der Waals surface area contributed by atoms with Crippen LogP contribution < -0.4 is 0 Å². The minimum atomic E-state index is -1.36. The summed E-state index contributed by atoms with van der Waals surface area (Å²) in [4.78, 5) is 1.80. The van der Waals surface area contributed by atoms with E-state index in [0.29, 0.717) is 19.6 Å². The molecule has 1 aliphatic rings. The van der Waals surface area contributed by atoms with E-state index in [1.165, 1.54) is 0 Å². The minimum Gasteiger partial charge on any atom is -0.387 e. The molecule has 0 amide bonds. The molecule has 1 aliphatic heterocycles. The standard InChI is InChI=1S/C8H17NO3.2C2H6/c1-9(2)6-8(11)7(10)4-3-5-12-8;2*1-2/h7,10-11H,3-6H2,1-2H3;2*1-2H3. The van der Waals surface area contributed by atoms with Crippen LogP contribution in [0.5, 0.6) is 0 Å². The molecule has 0 radical (unpaired) electrons. The zero-order valence-electron chi connectivity index (χ0n) is 11.7. The van der Waals surface area contributed by atoms with Gasteiger partial charge in [-0.25, -0.2) is 0 Å². The van der Waals surface area contributed by atoms with Gasteiger partial charge in [0.15, 0.2) is 0 Å². The zero-order chi connectivity index (χ0) is 13.2. The van der Waals surface area contributed by atoms with Crippen molar-refractivity contribution in [2.75, 3.05) is 27.2 Å². The number of likely N-dealkylation sites (N-methyl/N-ethyl adjacent to an activating group) is 1. The van der Waals surface area contributed by atoms with E-state index in [1.807, 2.05) is 41.8 Å². The monoisotopic (exact) mass is 235 g/mol. The molecular formula is C12H29NO3. The molecule has 1 saturated heterocycles. The molecule has 1 rings (SSSR count). The highest BCUT2D eigenvalue weighted by Crippen LogP contribution is 2.23. The maximum absolute atomic E-state index is 9.80. The van der Waals surface area contributed by atoms with Gasteiger partial charge < -0.3 is 19.8 Å². The third-order valence-corrected chi connectivity index (χ3v) is 2.04. The summed E-state index contributed by atoms with van der Waals surface area (Å²) in [5.41, 5.74) is 0. The lowest BCUT2D eigenvalue weighted by atomic mass is 10.0. The fourth-order valence-electron chi connectivity index (χ4n) is 1.45. The Morgan fingerprint density at radius 2 is 1.75 bits per heavy atom. The van der Waals surface area contributed by atoms with Crippen molar-refractivity contribution < 1.29 is 14.9 Å². The van der Waals surface area contributed by atoms with Crippen molar-refractivity contribution in [2.45, 2.75) is 52.4 Å². The smallest absolute Gasteiger partial charge is 0.205 e. The van der Waals surface area contributed by atoms with E-state index in [-0.39, 0.29) is 0 Å². The molecule has 0 aromatic rings. The summed E-state index contributed by atoms with van der Waals surface area (Å²) in [5, 5.41) is 19.3. The third kappa shape index (κ3) is 6.43. The first-order valence-corrected chi connectivity index (χ1v) is 6.24. The van der Waals surface area contributed by atoms with Gasteiger partial charge in [-0.15, -0.1) is 0 Å². The average Bonchev–Trinajstić information content (AvgIpc) is 2.27. The highest BCUT2D eigenvalue weighted by atomic mass is 16.6. The Bertz CT molecular complexity index is 153. The summed E-state index contributed by atoms with van der Waals surface area (Å²) in [6.07, 6.45) is 0.676. The van der Waals surface area contributed by atoms with Crippen LogP contribution in [0.15, 0.2) is 0 Å². The zero-order valence-corrected chi connectivity index (χ0v) is 11.7. The van der Waals surface area contributed by atoms with Crippen LogP contribution in [0.25, 0.3) is 0 Å². The van der Waals surface area contributed by atoms with Gasteiger partial charge in [0.1, 0.15) is 6.10 Å². The molecular weight excluding hydrogens is 206 g/mol. The van der Waals surface area contributed by atoms with Crippen LogP contribution in [0, 0.1) is 0 Å². The summed E-state index contributed by atoms with van der Waals surface area (Å²) in [6.45, 7) is 8.87. The number of aliphatic hydroxyl groups is 2. The summed E-state index contributed by atoms with van der Waals surface area (Å²) in [6, 6.07) is 0. The molecule has 2 N–H and O–H groups in total. The third-order valence-electron chi connectivity index (χ3n) is 2.04. The van der Waals surface area contributed by atoms with Crippen LogP contribution in [-0.4, -0.2) is 54.3 Å². The Morgan fingerprint density at radius 3 is 2.12 bits per heavy atom. The topological polar surface area (TPSA) is 52.9 Å². The Kier molecular flexibility index (Phi) is 11.4. The maximum atomic E-state index is 9.80. The maximum Gasteiger partial charge on any atom is 0.205 e. The molecule has 0 aromatic heterocycles. The van der Waals surface area contributed by atoms with Crippen LogP contribution in [0.3, 0.4) is 0 Å². The lowest BCUT2D eigenvalue weighted by molar-refractivity contribution is -0.280. The van der Waals surface area contributed by atoms with E-state index in [9.17, 15) is 10.2 Å². The molecule has 4 heteroatoms. The van der Waals surface area contributed by atoms with Crippen LogP contribution in [-0.2, 0) is 4.74 Å². The van der Waals surface area contributed by atoms with Crippen LogP contribution in [0.4, 0.5) is 0 Å². The lowest BCUT2D eigenvalue weighted by Gasteiger charge is -2.38. The Balaban J connectivity index is 0.